The Morgan fingerprint density at radius 1 is 1.45 bits per heavy atom. The van der Waals surface area contributed by atoms with Crippen molar-refractivity contribution >= 4 is 36.3 Å². The van der Waals surface area contributed by atoms with E-state index in [1.165, 1.54) is 28.8 Å². The summed E-state index contributed by atoms with van der Waals surface area (Å²) in [5, 5.41) is 8.23. The third kappa shape index (κ3) is 2.93. The van der Waals surface area contributed by atoms with Crippen molar-refractivity contribution < 1.29 is 19.1 Å². The maximum absolute atomic E-state index is 13.0. The molecule has 2 rings (SSSR count). The van der Waals surface area contributed by atoms with Crippen LogP contribution in [0.1, 0.15) is 17.9 Å². The maximum Gasteiger partial charge on any atom is 0.327 e. The van der Waals surface area contributed by atoms with E-state index in [2.05, 4.69) is 12.6 Å². The van der Waals surface area contributed by atoms with Crippen LogP contribution in [0.4, 0.5) is 4.39 Å². The fourth-order valence-electron chi connectivity index (χ4n) is 2.07. The lowest BCUT2D eigenvalue weighted by Gasteiger charge is -2.28. The summed E-state index contributed by atoms with van der Waals surface area (Å²) in [6, 6.07) is 4.87. The first-order valence-corrected chi connectivity index (χ1v) is 7.58. The third-order valence-corrected chi connectivity index (χ3v) is 4.60. The standard InChI is InChI=1S/C13H14FNO3S2/c1-7(19)11(16)15-10(13(17)18)6-20-12(15)8-2-4-9(14)5-3-8/h2-5,7,10,12,19H,6H2,1H3,(H,17,18)/t7?,10-,12?/m0/s1. The Morgan fingerprint density at radius 3 is 2.55 bits per heavy atom. The van der Waals surface area contributed by atoms with Crippen LogP contribution >= 0.6 is 24.4 Å². The molecule has 20 heavy (non-hydrogen) atoms. The second-order valence-electron chi connectivity index (χ2n) is 4.51. The number of thiol groups is 1. The van der Waals surface area contributed by atoms with Gasteiger partial charge >= 0.3 is 5.97 Å². The number of carbonyl (C=O) groups excluding carboxylic acids is 1. The van der Waals surface area contributed by atoms with E-state index in [9.17, 15) is 19.1 Å². The number of hydrogen-bond acceptors (Lipinski definition) is 4. The van der Waals surface area contributed by atoms with E-state index in [0.717, 1.165) is 0 Å². The quantitative estimate of drug-likeness (QED) is 0.840. The predicted molar refractivity (Wildman–Crippen MR) is 78.3 cm³/mol. The Balaban J connectivity index is 2.34. The lowest BCUT2D eigenvalue weighted by molar-refractivity contribution is -0.148. The smallest absolute Gasteiger partial charge is 0.327 e. The van der Waals surface area contributed by atoms with Crippen LogP contribution in [-0.4, -0.2) is 38.9 Å². The van der Waals surface area contributed by atoms with Crippen LogP contribution in [0, 0.1) is 5.82 Å². The number of nitrogens with zero attached hydrogens (tertiary/aromatic N) is 1. The summed E-state index contributed by atoms with van der Waals surface area (Å²) >= 11 is 5.45. The number of carboxylic acid groups (broad SMARTS) is 1. The van der Waals surface area contributed by atoms with E-state index in [0.29, 0.717) is 11.3 Å². The Morgan fingerprint density at radius 2 is 2.05 bits per heavy atom. The fourth-order valence-corrected chi connectivity index (χ4v) is 3.63. The summed E-state index contributed by atoms with van der Waals surface area (Å²) in [7, 11) is 0. The minimum Gasteiger partial charge on any atom is -0.480 e. The highest BCUT2D eigenvalue weighted by molar-refractivity contribution is 7.99. The minimum atomic E-state index is -1.04. The van der Waals surface area contributed by atoms with E-state index < -0.39 is 22.6 Å². The largest absolute Gasteiger partial charge is 0.480 e. The molecule has 0 aliphatic carbocycles. The molecule has 1 fully saturated rings. The van der Waals surface area contributed by atoms with Gasteiger partial charge in [0, 0.05) is 5.75 Å². The van der Waals surface area contributed by atoms with E-state index >= 15 is 0 Å². The van der Waals surface area contributed by atoms with Gasteiger partial charge in [0.15, 0.2) is 0 Å². The summed E-state index contributed by atoms with van der Waals surface area (Å²) in [5.74, 6) is -1.43. The molecule has 4 nitrogen and oxygen atoms in total. The number of hydrogen-bond donors (Lipinski definition) is 2. The summed E-state index contributed by atoms with van der Waals surface area (Å²) < 4.78 is 13.0. The van der Waals surface area contributed by atoms with Crippen molar-refractivity contribution in [2.45, 2.75) is 23.6 Å². The van der Waals surface area contributed by atoms with Gasteiger partial charge in [0.1, 0.15) is 17.2 Å². The Kier molecular flexibility index (Phi) is 4.59. The average molecular weight is 315 g/mol. The van der Waals surface area contributed by atoms with Crippen LogP contribution in [0.5, 0.6) is 0 Å². The molecule has 1 saturated heterocycles. The predicted octanol–water partition coefficient (Wildman–Crippen LogP) is 2.17. The van der Waals surface area contributed by atoms with E-state index in [1.807, 2.05) is 0 Å². The van der Waals surface area contributed by atoms with Crippen molar-refractivity contribution in [1.29, 1.82) is 0 Å². The van der Waals surface area contributed by atoms with Crippen LogP contribution in [0.15, 0.2) is 24.3 Å². The Labute approximate surface area is 125 Å². The summed E-state index contributed by atoms with van der Waals surface area (Å²) in [5.41, 5.74) is 0.711. The molecule has 0 aromatic heterocycles. The van der Waals surface area contributed by atoms with Crippen LogP contribution in [-0.2, 0) is 9.59 Å². The van der Waals surface area contributed by atoms with Crippen LogP contribution in [0.2, 0.25) is 0 Å². The average Bonchev–Trinajstić information content (AvgIpc) is 2.83. The van der Waals surface area contributed by atoms with Gasteiger partial charge in [-0.25, -0.2) is 9.18 Å². The molecule has 3 atom stereocenters. The van der Waals surface area contributed by atoms with Crippen molar-refractivity contribution in [1.82, 2.24) is 4.90 Å². The first-order chi connectivity index (χ1) is 9.41. The van der Waals surface area contributed by atoms with Gasteiger partial charge in [-0.1, -0.05) is 12.1 Å². The molecule has 7 heteroatoms. The van der Waals surface area contributed by atoms with Gasteiger partial charge < -0.3 is 10.0 Å². The zero-order valence-corrected chi connectivity index (χ0v) is 12.4. The second kappa shape index (κ2) is 6.05. The van der Waals surface area contributed by atoms with Crippen molar-refractivity contribution in [2.24, 2.45) is 0 Å². The highest BCUT2D eigenvalue weighted by Gasteiger charge is 2.43. The topological polar surface area (TPSA) is 57.6 Å². The van der Waals surface area contributed by atoms with Crippen LogP contribution < -0.4 is 0 Å². The van der Waals surface area contributed by atoms with Gasteiger partial charge in [-0.3, -0.25) is 4.79 Å². The van der Waals surface area contributed by atoms with Crippen LogP contribution in [0.3, 0.4) is 0 Å². The fraction of sp³-hybridized carbons (Fsp3) is 0.385. The van der Waals surface area contributed by atoms with E-state index in [4.69, 9.17) is 0 Å². The molecule has 1 aromatic carbocycles. The van der Waals surface area contributed by atoms with Gasteiger partial charge in [0.05, 0.1) is 5.25 Å². The first-order valence-electron chi connectivity index (χ1n) is 6.02. The van der Waals surface area contributed by atoms with Crippen molar-refractivity contribution in [3.8, 4) is 0 Å². The second-order valence-corrected chi connectivity index (χ2v) is 6.40. The monoisotopic (exact) mass is 315 g/mol. The molecule has 108 valence electrons. The minimum absolute atomic E-state index is 0.309. The number of rotatable bonds is 3. The molecule has 1 aliphatic heterocycles. The lowest BCUT2D eigenvalue weighted by atomic mass is 10.1. The molecule has 0 bridgehead atoms. The molecular formula is C13H14FNO3S2. The van der Waals surface area contributed by atoms with Crippen LogP contribution in [0.25, 0.3) is 0 Å². The summed E-state index contributed by atoms with van der Waals surface area (Å²) in [4.78, 5) is 24.8. The SMILES string of the molecule is CC(S)C(=O)N1C(c2ccc(F)cc2)SC[C@H]1C(=O)O. The molecule has 0 spiro atoms. The number of aliphatic carboxylic acids is 1. The summed E-state index contributed by atoms with van der Waals surface area (Å²) in [6.45, 7) is 1.61. The number of amides is 1. The van der Waals surface area contributed by atoms with Gasteiger partial charge in [-0.15, -0.1) is 11.8 Å². The van der Waals surface area contributed by atoms with Gasteiger partial charge in [0.25, 0.3) is 0 Å². The molecule has 1 N–H and O–H groups in total. The number of carbonyl (C=O) groups is 2. The van der Waals surface area contributed by atoms with Crippen molar-refractivity contribution in [2.75, 3.05) is 5.75 Å². The lowest BCUT2D eigenvalue weighted by Crippen LogP contribution is -2.45. The normalized spacial score (nSPS) is 23.6. The van der Waals surface area contributed by atoms with Crippen molar-refractivity contribution in [3.05, 3.63) is 35.6 Å². The van der Waals surface area contributed by atoms with Crippen molar-refractivity contribution in [3.63, 3.8) is 0 Å². The van der Waals surface area contributed by atoms with E-state index in [-0.39, 0.29) is 11.7 Å². The first kappa shape index (κ1) is 15.2. The molecular weight excluding hydrogens is 301 g/mol. The zero-order chi connectivity index (χ0) is 14.9. The molecule has 1 aliphatic rings. The van der Waals surface area contributed by atoms with Gasteiger partial charge in [-0.05, 0) is 24.6 Å². The third-order valence-electron chi connectivity index (χ3n) is 3.05. The molecule has 1 heterocycles. The molecule has 1 amide bonds. The number of thioether (sulfide) groups is 1. The number of halogens is 1. The molecule has 2 unspecified atom stereocenters. The summed E-state index contributed by atoms with van der Waals surface area (Å²) in [6.07, 6.45) is 0. The van der Waals surface area contributed by atoms with Gasteiger partial charge in [0.2, 0.25) is 5.91 Å². The Bertz CT molecular complexity index is 521. The zero-order valence-electron chi connectivity index (χ0n) is 10.7. The molecule has 0 radical (unpaired) electrons. The maximum atomic E-state index is 13.0. The van der Waals surface area contributed by atoms with Gasteiger partial charge in [-0.2, -0.15) is 12.6 Å². The highest BCUT2D eigenvalue weighted by atomic mass is 32.2. The number of benzene rings is 1. The number of carboxylic acids is 1. The molecule has 1 aromatic rings. The van der Waals surface area contributed by atoms with E-state index in [1.54, 1.807) is 19.1 Å². The molecule has 0 saturated carbocycles. The Hall–Kier alpha value is -1.21. The highest BCUT2D eigenvalue weighted by Crippen LogP contribution is 2.42.